The molecule has 6 nitrogen and oxygen atoms in total. The lowest BCUT2D eigenvalue weighted by Crippen LogP contribution is -2.28. The Bertz CT molecular complexity index is 1190. The summed E-state index contributed by atoms with van der Waals surface area (Å²) in [5.41, 5.74) is 2.73. The van der Waals surface area contributed by atoms with Crippen molar-refractivity contribution in [1.82, 2.24) is 8.54 Å². The number of para-hydroxylation sites is 1. The minimum Gasteiger partial charge on any atom is -0.492 e. The Labute approximate surface area is 144 Å². The molecule has 1 aromatic heterocycles. The van der Waals surface area contributed by atoms with E-state index >= 15 is 0 Å². The van der Waals surface area contributed by atoms with Gasteiger partial charge in [-0.1, -0.05) is 24.3 Å². The van der Waals surface area contributed by atoms with Gasteiger partial charge < -0.3 is 5.11 Å². The number of fused-ring (bicyclic) bond motifs is 3. The molecule has 0 fully saturated rings. The van der Waals surface area contributed by atoms with Crippen LogP contribution in [-0.2, 0) is 16.4 Å². The predicted molar refractivity (Wildman–Crippen MR) is 93.0 cm³/mol. The van der Waals surface area contributed by atoms with Gasteiger partial charge in [0.15, 0.2) is 0 Å². The van der Waals surface area contributed by atoms with Gasteiger partial charge in [0.05, 0.1) is 16.3 Å². The molecule has 1 aliphatic rings. The summed E-state index contributed by atoms with van der Waals surface area (Å²) < 4.78 is 27.6. The third-order valence-electron chi connectivity index (χ3n) is 4.69. The summed E-state index contributed by atoms with van der Waals surface area (Å²) in [7, 11) is -4.19. The number of aromatic hydroxyl groups is 1. The van der Waals surface area contributed by atoms with E-state index in [0.717, 1.165) is 16.7 Å². The minimum atomic E-state index is -4.19. The van der Waals surface area contributed by atoms with Crippen molar-refractivity contribution in [2.75, 3.05) is 0 Å². The van der Waals surface area contributed by atoms with Crippen LogP contribution >= 0.6 is 0 Å². The molecule has 128 valence electrons. The summed E-state index contributed by atoms with van der Waals surface area (Å²) >= 11 is 0. The van der Waals surface area contributed by atoms with E-state index < -0.39 is 21.6 Å². The zero-order valence-electron chi connectivity index (χ0n) is 13.7. The standard InChI is InChI=1S/C18H16N2O4S/c1-11-7-8-14(9-12(11)2)25(23,24)20-17(21)16-10-13-5-3-4-6-15(13)19(16)18(20)22/h3-9,21H,10H2,1-2H3. The van der Waals surface area contributed by atoms with E-state index in [2.05, 4.69) is 0 Å². The second kappa shape index (κ2) is 5.10. The van der Waals surface area contributed by atoms with Gasteiger partial charge in [-0.2, -0.15) is 0 Å². The van der Waals surface area contributed by atoms with E-state index in [-0.39, 0.29) is 4.90 Å². The highest BCUT2D eigenvalue weighted by Crippen LogP contribution is 2.33. The Morgan fingerprint density at radius 2 is 1.76 bits per heavy atom. The van der Waals surface area contributed by atoms with Crippen molar-refractivity contribution >= 4 is 10.0 Å². The Morgan fingerprint density at radius 3 is 2.48 bits per heavy atom. The van der Waals surface area contributed by atoms with Gasteiger partial charge in [-0.05, 0) is 48.7 Å². The molecule has 4 rings (SSSR count). The number of hydrogen-bond acceptors (Lipinski definition) is 4. The van der Waals surface area contributed by atoms with Crippen LogP contribution in [0.3, 0.4) is 0 Å². The molecule has 3 aromatic rings. The summed E-state index contributed by atoms with van der Waals surface area (Å²) in [6.45, 7) is 3.67. The first-order valence-electron chi connectivity index (χ1n) is 7.79. The van der Waals surface area contributed by atoms with Crippen molar-refractivity contribution in [3.63, 3.8) is 0 Å². The molecule has 0 saturated heterocycles. The molecule has 7 heteroatoms. The van der Waals surface area contributed by atoms with Crippen LogP contribution in [-0.4, -0.2) is 22.1 Å². The topological polar surface area (TPSA) is 81.3 Å². The molecule has 25 heavy (non-hydrogen) atoms. The number of benzene rings is 2. The van der Waals surface area contributed by atoms with Gasteiger partial charge in [-0.25, -0.2) is 13.2 Å². The fraction of sp³-hybridized carbons (Fsp3) is 0.167. The van der Waals surface area contributed by atoms with Crippen molar-refractivity contribution in [2.45, 2.75) is 25.2 Å². The fourth-order valence-corrected chi connectivity index (χ4v) is 4.57. The van der Waals surface area contributed by atoms with E-state index in [9.17, 15) is 18.3 Å². The maximum Gasteiger partial charge on any atom is 0.350 e. The molecule has 0 aliphatic carbocycles. The third-order valence-corrected chi connectivity index (χ3v) is 6.35. The minimum absolute atomic E-state index is 0.0226. The van der Waals surface area contributed by atoms with Gasteiger partial charge >= 0.3 is 5.69 Å². The molecule has 2 aromatic carbocycles. The van der Waals surface area contributed by atoms with Crippen LogP contribution in [0.15, 0.2) is 52.2 Å². The average Bonchev–Trinajstić information content (AvgIpc) is 3.06. The summed E-state index contributed by atoms with van der Waals surface area (Å²) in [5, 5.41) is 10.5. The monoisotopic (exact) mass is 356 g/mol. The molecule has 0 amide bonds. The first kappa shape index (κ1) is 15.7. The zero-order chi connectivity index (χ0) is 17.9. The van der Waals surface area contributed by atoms with Gasteiger partial charge in [0.1, 0.15) is 0 Å². The second-order valence-electron chi connectivity index (χ2n) is 6.21. The largest absolute Gasteiger partial charge is 0.492 e. The smallest absolute Gasteiger partial charge is 0.350 e. The van der Waals surface area contributed by atoms with Crippen LogP contribution < -0.4 is 5.69 Å². The molecule has 0 saturated carbocycles. The number of aryl methyl sites for hydroxylation is 2. The number of rotatable bonds is 2. The van der Waals surface area contributed by atoms with E-state index in [1.807, 2.05) is 19.1 Å². The maximum atomic E-state index is 12.9. The van der Waals surface area contributed by atoms with Gasteiger partial charge in [-0.15, -0.1) is 3.97 Å². The first-order chi connectivity index (χ1) is 11.8. The number of nitrogens with zero attached hydrogens (tertiary/aromatic N) is 2. The summed E-state index contributed by atoms with van der Waals surface area (Å²) in [4.78, 5) is 12.8. The highest BCUT2D eigenvalue weighted by Gasteiger charge is 2.33. The Hall–Kier alpha value is -2.80. The van der Waals surface area contributed by atoms with Crippen molar-refractivity contribution in [2.24, 2.45) is 0 Å². The highest BCUT2D eigenvalue weighted by atomic mass is 32.2. The molecular weight excluding hydrogens is 340 g/mol. The van der Waals surface area contributed by atoms with Crippen LogP contribution in [0.25, 0.3) is 5.69 Å². The van der Waals surface area contributed by atoms with Gasteiger partial charge in [0.2, 0.25) is 5.88 Å². The molecule has 1 aliphatic heterocycles. The molecule has 0 unspecified atom stereocenters. The lowest BCUT2D eigenvalue weighted by Gasteiger charge is -2.08. The van der Waals surface area contributed by atoms with Gasteiger partial charge in [0, 0.05) is 6.42 Å². The maximum absolute atomic E-state index is 12.9. The van der Waals surface area contributed by atoms with Crippen LogP contribution in [0.2, 0.25) is 0 Å². The summed E-state index contributed by atoms with van der Waals surface area (Å²) in [6, 6.07) is 11.8. The van der Waals surface area contributed by atoms with Crippen LogP contribution in [0.1, 0.15) is 22.4 Å². The second-order valence-corrected chi connectivity index (χ2v) is 8.00. The Kier molecular flexibility index (Phi) is 3.20. The summed E-state index contributed by atoms with van der Waals surface area (Å²) in [6.07, 6.45) is 0.312. The zero-order valence-corrected chi connectivity index (χ0v) is 14.5. The molecule has 2 heterocycles. The summed E-state index contributed by atoms with van der Waals surface area (Å²) in [5.74, 6) is -0.528. The van der Waals surface area contributed by atoms with Crippen molar-refractivity contribution in [3.05, 3.63) is 75.3 Å². The third kappa shape index (κ3) is 2.09. The van der Waals surface area contributed by atoms with E-state index in [1.165, 1.54) is 16.7 Å². The molecule has 1 N–H and O–H groups in total. The van der Waals surface area contributed by atoms with Crippen molar-refractivity contribution < 1.29 is 13.5 Å². The normalized spacial score (nSPS) is 12.9. The number of aromatic nitrogens is 2. The van der Waals surface area contributed by atoms with E-state index in [4.69, 9.17) is 0 Å². The van der Waals surface area contributed by atoms with Crippen molar-refractivity contribution in [3.8, 4) is 11.6 Å². The van der Waals surface area contributed by atoms with E-state index in [1.54, 1.807) is 25.1 Å². The lowest BCUT2D eigenvalue weighted by molar-refractivity contribution is 0.438. The molecule has 0 spiro atoms. The predicted octanol–water partition coefficient (Wildman–Crippen LogP) is 2.10. The van der Waals surface area contributed by atoms with Crippen LogP contribution in [0, 0.1) is 13.8 Å². The first-order valence-corrected chi connectivity index (χ1v) is 9.23. The molecule has 0 bridgehead atoms. The molecule has 0 radical (unpaired) electrons. The highest BCUT2D eigenvalue weighted by molar-refractivity contribution is 7.90. The SMILES string of the molecule is Cc1ccc(S(=O)(=O)n2c(O)c3n(c2=O)-c2ccccc2C3)cc1C. The number of imidazole rings is 1. The number of hydrogen-bond donors (Lipinski definition) is 1. The van der Waals surface area contributed by atoms with E-state index in [0.29, 0.717) is 21.8 Å². The fourth-order valence-electron chi connectivity index (χ4n) is 3.18. The molecule has 0 atom stereocenters. The molecular formula is C18H16N2O4S. The average molecular weight is 356 g/mol. The van der Waals surface area contributed by atoms with Crippen molar-refractivity contribution in [1.29, 1.82) is 0 Å². The lowest BCUT2D eigenvalue weighted by atomic mass is 10.1. The van der Waals surface area contributed by atoms with Gasteiger partial charge in [0.25, 0.3) is 10.0 Å². The Balaban J connectivity index is 1.97. The quantitative estimate of drug-likeness (QED) is 0.596. The Morgan fingerprint density at radius 1 is 1.04 bits per heavy atom. The van der Waals surface area contributed by atoms with Crippen LogP contribution in [0.5, 0.6) is 5.88 Å². The van der Waals surface area contributed by atoms with Gasteiger partial charge in [-0.3, -0.25) is 4.57 Å². The van der Waals surface area contributed by atoms with Crippen LogP contribution in [0.4, 0.5) is 0 Å².